The highest BCUT2D eigenvalue weighted by Crippen LogP contribution is 2.20. The lowest BCUT2D eigenvalue weighted by Crippen LogP contribution is -2.47. The molecule has 33 heavy (non-hydrogen) atoms. The second-order valence-corrected chi connectivity index (χ2v) is 7.82. The van der Waals surface area contributed by atoms with Crippen LogP contribution in [0.3, 0.4) is 0 Å². The molecule has 3 aromatic carbocycles. The van der Waals surface area contributed by atoms with Crippen LogP contribution in [0.1, 0.15) is 44.3 Å². The predicted octanol–water partition coefficient (Wildman–Crippen LogP) is 4.09. The maximum absolute atomic E-state index is 12.4. The van der Waals surface area contributed by atoms with Crippen molar-refractivity contribution in [3.63, 3.8) is 0 Å². The number of carbonyl (C=O) groups excluding carboxylic acids is 3. The first-order valence-corrected chi connectivity index (χ1v) is 10.6. The van der Waals surface area contributed by atoms with Gasteiger partial charge in [-0.1, -0.05) is 30.3 Å². The first-order valence-electron chi connectivity index (χ1n) is 10.6. The highest BCUT2D eigenvalue weighted by Gasteiger charge is 2.17. The van der Waals surface area contributed by atoms with Crippen LogP contribution in [0.4, 0.5) is 5.69 Å². The number of hydrazine groups is 1. The number of hydrogen-bond acceptors (Lipinski definition) is 4. The summed E-state index contributed by atoms with van der Waals surface area (Å²) in [7, 11) is 0. The van der Waals surface area contributed by atoms with E-state index in [0.29, 0.717) is 22.6 Å². The van der Waals surface area contributed by atoms with Crippen molar-refractivity contribution in [3.8, 4) is 5.75 Å². The number of anilines is 1. The van der Waals surface area contributed by atoms with E-state index in [4.69, 9.17) is 4.74 Å². The lowest BCUT2D eigenvalue weighted by Gasteiger charge is -2.17. The summed E-state index contributed by atoms with van der Waals surface area (Å²) in [5, 5.41) is 2.81. The molecule has 0 aliphatic carbocycles. The van der Waals surface area contributed by atoms with Gasteiger partial charge in [0, 0.05) is 16.8 Å². The number of rotatable bonds is 6. The standard InChI is InChI=1S/C26H27N3O4/c1-16-9-10-18(3)23(15-16)33-19(4)24(30)28-29-25(31)20-11-13-21(14-12-20)27-26(32)22-8-6-5-7-17(22)2/h5-15,19H,1-4H3,(H,27,32)(H,28,30)(H,29,31). The van der Waals surface area contributed by atoms with Crippen LogP contribution in [0.2, 0.25) is 0 Å². The quantitative estimate of drug-likeness (QED) is 0.498. The zero-order valence-corrected chi connectivity index (χ0v) is 19.1. The minimum atomic E-state index is -0.801. The van der Waals surface area contributed by atoms with Gasteiger partial charge in [-0.15, -0.1) is 0 Å². The van der Waals surface area contributed by atoms with E-state index in [9.17, 15) is 14.4 Å². The normalized spacial score (nSPS) is 11.3. The third-order valence-corrected chi connectivity index (χ3v) is 5.11. The third kappa shape index (κ3) is 6.20. The molecule has 0 saturated heterocycles. The van der Waals surface area contributed by atoms with Crippen molar-refractivity contribution in [3.05, 3.63) is 94.5 Å². The van der Waals surface area contributed by atoms with Crippen molar-refractivity contribution in [2.24, 2.45) is 0 Å². The molecule has 0 fully saturated rings. The van der Waals surface area contributed by atoms with Gasteiger partial charge >= 0.3 is 0 Å². The summed E-state index contributed by atoms with van der Waals surface area (Å²) in [6.07, 6.45) is -0.801. The van der Waals surface area contributed by atoms with E-state index >= 15 is 0 Å². The lowest BCUT2D eigenvalue weighted by atomic mass is 10.1. The first-order chi connectivity index (χ1) is 15.7. The van der Waals surface area contributed by atoms with E-state index < -0.39 is 17.9 Å². The van der Waals surface area contributed by atoms with Gasteiger partial charge in [-0.3, -0.25) is 25.2 Å². The van der Waals surface area contributed by atoms with Gasteiger partial charge in [0.15, 0.2) is 6.10 Å². The van der Waals surface area contributed by atoms with Crippen molar-refractivity contribution in [2.45, 2.75) is 33.8 Å². The Hall–Kier alpha value is -4.13. The zero-order valence-electron chi connectivity index (χ0n) is 19.1. The van der Waals surface area contributed by atoms with Gasteiger partial charge in [0.2, 0.25) is 0 Å². The average molecular weight is 446 g/mol. The fourth-order valence-electron chi connectivity index (χ4n) is 3.10. The van der Waals surface area contributed by atoms with Crippen LogP contribution in [0.25, 0.3) is 0 Å². The molecule has 7 heteroatoms. The minimum absolute atomic E-state index is 0.226. The molecule has 170 valence electrons. The van der Waals surface area contributed by atoms with Gasteiger partial charge in [0.05, 0.1) is 0 Å². The van der Waals surface area contributed by atoms with E-state index in [0.717, 1.165) is 16.7 Å². The van der Waals surface area contributed by atoms with Gasteiger partial charge in [0.25, 0.3) is 17.7 Å². The summed E-state index contributed by atoms with van der Waals surface area (Å²) in [6.45, 7) is 7.31. The van der Waals surface area contributed by atoms with Gasteiger partial charge in [-0.05, 0) is 80.8 Å². The van der Waals surface area contributed by atoms with Crippen molar-refractivity contribution in [1.29, 1.82) is 0 Å². The van der Waals surface area contributed by atoms with E-state index in [1.165, 1.54) is 0 Å². The van der Waals surface area contributed by atoms with E-state index in [2.05, 4.69) is 16.2 Å². The van der Waals surface area contributed by atoms with Crippen LogP contribution in [0.15, 0.2) is 66.7 Å². The number of ether oxygens (including phenoxy) is 1. The Morgan fingerprint density at radius 2 is 1.48 bits per heavy atom. The number of benzene rings is 3. The Morgan fingerprint density at radius 3 is 2.18 bits per heavy atom. The van der Waals surface area contributed by atoms with Crippen molar-refractivity contribution < 1.29 is 19.1 Å². The molecule has 3 aromatic rings. The van der Waals surface area contributed by atoms with E-state index in [-0.39, 0.29) is 5.91 Å². The number of amides is 3. The first kappa shape index (κ1) is 23.5. The van der Waals surface area contributed by atoms with Crippen LogP contribution < -0.4 is 20.9 Å². The summed E-state index contributed by atoms with van der Waals surface area (Å²) in [5.41, 5.74) is 9.03. The van der Waals surface area contributed by atoms with E-state index in [1.807, 2.05) is 51.1 Å². The molecule has 0 aromatic heterocycles. The topological polar surface area (TPSA) is 96.5 Å². The smallest absolute Gasteiger partial charge is 0.279 e. The lowest BCUT2D eigenvalue weighted by molar-refractivity contribution is -0.128. The molecule has 3 rings (SSSR count). The van der Waals surface area contributed by atoms with Crippen LogP contribution in [-0.2, 0) is 4.79 Å². The summed E-state index contributed by atoms with van der Waals surface area (Å²) >= 11 is 0. The highest BCUT2D eigenvalue weighted by atomic mass is 16.5. The molecule has 0 aliphatic heterocycles. The largest absolute Gasteiger partial charge is 0.481 e. The molecule has 1 unspecified atom stereocenters. The Bertz CT molecular complexity index is 1170. The van der Waals surface area contributed by atoms with Gasteiger partial charge in [0.1, 0.15) is 5.75 Å². The number of nitrogens with one attached hydrogen (secondary N) is 3. The molecule has 0 bridgehead atoms. The van der Waals surface area contributed by atoms with Crippen LogP contribution in [-0.4, -0.2) is 23.8 Å². The second-order valence-electron chi connectivity index (χ2n) is 7.82. The van der Waals surface area contributed by atoms with Crippen LogP contribution in [0, 0.1) is 20.8 Å². The van der Waals surface area contributed by atoms with Crippen molar-refractivity contribution >= 4 is 23.4 Å². The molecule has 0 radical (unpaired) electrons. The number of hydrogen-bond donors (Lipinski definition) is 3. The Labute approximate surface area is 193 Å². The fourth-order valence-corrected chi connectivity index (χ4v) is 3.10. The van der Waals surface area contributed by atoms with Crippen molar-refractivity contribution in [2.75, 3.05) is 5.32 Å². The third-order valence-electron chi connectivity index (χ3n) is 5.11. The minimum Gasteiger partial charge on any atom is -0.481 e. The zero-order chi connectivity index (χ0) is 24.0. The predicted molar refractivity (Wildman–Crippen MR) is 127 cm³/mol. The van der Waals surface area contributed by atoms with Crippen LogP contribution >= 0.6 is 0 Å². The molecule has 0 aliphatic rings. The summed E-state index contributed by atoms with van der Waals surface area (Å²) in [6, 6.07) is 19.4. The summed E-state index contributed by atoms with van der Waals surface area (Å²) in [5.74, 6) is -0.576. The fraction of sp³-hybridized carbons (Fsp3) is 0.192. The molecule has 0 spiro atoms. The SMILES string of the molecule is Cc1ccc(C)c(OC(C)C(=O)NNC(=O)c2ccc(NC(=O)c3ccccc3C)cc2)c1. The monoisotopic (exact) mass is 445 g/mol. The second kappa shape index (κ2) is 10.5. The Balaban J connectivity index is 1.53. The van der Waals surface area contributed by atoms with Gasteiger partial charge in [-0.25, -0.2) is 0 Å². The molecule has 3 amide bonds. The molecular formula is C26H27N3O4. The van der Waals surface area contributed by atoms with Gasteiger partial charge < -0.3 is 10.1 Å². The molecule has 3 N–H and O–H groups in total. The Kier molecular flexibility index (Phi) is 7.46. The average Bonchev–Trinajstić information content (AvgIpc) is 2.80. The van der Waals surface area contributed by atoms with E-state index in [1.54, 1.807) is 43.3 Å². The Morgan fingerprint density at radius 1 is 0.788 bits per heavy atom. The van der Waals surface area contributed by atoms with Gasteiger partial charge in [-0.2, -0.15) is 0 Å². The molecule has 1 atom stereocenters. The molecule has 0 heterocycles. The molecular weight excluding hydrogens is 418 g/mol. The summed E-state index contributed by atoms with van der Waals surface area (Å²) in [4.78, 5) is 37.1. The summed E-state index contributed by atoms with van der Waals surface area (Å²) < 4.78 is 5.72. The highest BCUT2D eigenvalue weighted by molar-refractivity contribution is 6.05. The maximum atomic E-state index is 12.4. The maximum Gasteiger partial charge on any atom is 0.279 e. The molecule has 7 nitrogen and oxygen atoms in total. The number of aryl methyl sites for hydroxylation is 3. The number of carbonyl (C=O) groups is 3. The molecule has 0 saturated carbocycles. The van der Waals surface area contributed by atoms with Crippen molar-refractivity contribution in [1.82, 2.24) is 10.9 Å². The van der Waals surface area contributed by atoms with Crippen LogP contribution in [0.5, 0.6) is 5.75 Å².